The largest absolute Gasteiger partial charge is 0.452 e. The van der Waals surface area contributed by atoms with E-state index >= 15 is 0 Å². The fraction of sp³-hybridized carbons (Fsp3) is 0.333. The zero-order valence-electron chi connectivity index (χ0n) is 17.9. The number of nitrogens with one attached hydrogen (secondary N) is 1. The lowest BCUT2D eigenvalue weighted by atomic mass is 10.2. The number of esters is 1. The Morgan fingerprint density at radius 2 is 1.85 bits per heavy atom. The number of anilines is 1. The van der Waals surface area contributed by atoms with Crippen LogP contribution < -0.4 is 5.32 Å². The summed E-state index contributed by atoms with van der Waals surface area (Å²) in [5.41, 5.74) is 2.00. The van der Waals surface area contributed by atoms with Crippen molar-refractivity contribution in [2.45, 2.75) is 18.4 Å². The van der Waals surface area contributed by atoms with E-state index in [4.69, 9.17) is 9.47 Å². The summed E-state index contributed by atoms with van der Waals surface area (Å²) in [6, 6.07) is 10.7. The average molecular weight is 474 g/mol. The number of rotatable bonds is 7. The van der Waals surface area contributed by atoms with Crippen molar-refractivity contribution in [3.05, 3.63) is 48.0 Å². The number of hydrogen-bond donors (Lipinski definition) is 1. The number of amides is 1. The normalized spacial score (nSPS) is 14.8. The van der Waals surface area contributed by atoms with Crippen LogP contribution >= 0.6 is 0 Å². The Balaban J connectivity index is 1.32. The highest BCUT2D eigenvalue weighted by molar-refractivity contribution is 7.89. The minimum absolute atomic E-state index is 0.129. The molecule has 0 bridgehead atoms. The van der Waals surface area contributed by atoms with Gasteiger partial charge in [-0.1, -0.05) is 5.21 Å². The molecule has 11 nitrogen and oxygen atoms in total. The number of carbonyl (C=O) groups excluding carboxylic acids is 2. The minimum Gasteiger partial charge on any atom is -0.452 e. The van der Waals surface area contributed by atoms with Crippen LogP contribution in [-0.4, -0.2) is 72.5 Å². The van der Waals surface area contributed by atoms with E-state index in [0.717, 1.165) is 5.52 Å². The number of aryl methyl sites for hydroxylation is 1. The molecule has 1 amide bonds. The number of aromatic nitrogens is 3. The lowest BCUT2D eigenvalue weighted by Gasteiger charge is -2.26. The number of benzene rings is 2. The molecule has 1 aliphatic rings. The van der Waals surface area contributed by atoms with E-state index in [1.54, 1.807) is 22.9 Å². The Kier molecular flexibility index (Phi) is 6.67. The maximum absolute atomic E-state index is 12.6. The standard InChI is InChI=1S/C21H23N5O6S/c1-2-26-19-8-3-15(13-18(19)23-24-26)21(28)32-14-20(27)22-16-4-6-17(7-5-16)33(29,30)25-9-11-31-12-10-25/h3-8,13H,2,9-12,14H2,1H3,(H,22,27). The third kappa shape index (κ3) is 5.02. The molecule has 0 saturated carbocycles. The van der Waals surface area contributed by atoms with Crippen molar-refractivity contribution in [1.82, 2.24) is 19.3 Å². The number of hydrogen-bond acceptors (Lipinski definition) is 8. The van der Waals surface area contributed by atoms with Gasteiger partial charge in [0.2, 0.25) is 10.0 Å². The van der Waals surface area contributed by atoms with Gasteiger partial charge in [-0.05, 0) is 49.4 Å². The molecule has 0 spiro atoms. The fourth-order valence-electron chi connectivity index (χ4n) is 3.39. The second kappa shape index (κ2) is 9.65. The number of ether oxygens (including phenoxy) is 2. The first-order valence-electron chi connectivity index (χ1n) is 10.4. The van der Waals surface area contributed by atoms with Gasteiger partial charge in [-0.3, -0.25) is 4.79 Å². The Labute approximate surface area is 190 Å². The summed E-state index contributed by atoms with van der Waals surface area (Å²) in [4.78, 5) is 24.6. The Hall–Kier alpha value is -3.35. The van der Waals surface area contributed by atoms with Gasteiger partial charge in [0, 0.05) is 25.3 Å². The first kappa shape index (κ1) is 22.8. The van der Waals surface area contributed by atoms with Crippen molar-refractivity contribution < 1.29 is 27.5 Å². The summed E-state index contributed by atoms with van der Waals surface area (Å²) in [6.07, 6.45) is 0. The van der Waals surface area contributed by atoms with E-state index in [0.29, 0.717) is 44.1 Å². The van der Waals surface area contributed by atoms with Gasteiger partial charge in [-0.15, -0.1) is 5.10 Å². The van der Waals surface area contributed by atoms with Crippen LogP contribution in [0.25, 0.3) is 11.0 Å². The van der Waals surface area contributed by atoms with Crippen molar-refractivity contribution in [3.63, 3.8) is 0 Å². The zero-order chi connectivity index (χ0) is 23.4. The van der Waals surface area contributed by atoms with Crippen LogP contribution in [0.2, 0.25) is 0 Å². The third-order valence-electron chi connectivity index (χ3n) is 5.13. The second-order valence-corrected chi connectivity index (χ2v) is 9.21. The Morgan fingerprint density at radius 3 is 2.55 bits per heavy atom. The van der Waals surface area contributed by atoms with E-state index in [1.807, 2.05) is 6.92 Å². The highest BCUT2D eigenvalue weighted by Crippen LogP contribution is 2.19. The van der Waals surface area contributed by atoms with Crippen molar-refractivity contribution in [3.8, 4) is 0 Å². The number of carbonyl (C=O) groups is 2. The molecule has 0 unspecified atom stereocenters. The molecular formula is C21H23N5O6S. The van der Waals surface area contributed by atoms with Crippen LogP contribution in [0.3, 0.4) is 0 Å². The van der Waals surface area contributed by atoms with E-state index in [-0.39, 0.29) is 10.5 Å². The van der Waals surface area contributed by atoms with Crippen LogP contribution in [0.1, 0.15) is 17.3 Å². The van der Waals surface area contributed by atoms with Crippen LogP contribution in [0.5, 0.6) is 0 Å². The molecule has 1 N–H and O–H groups in total. The molecule has 1 fully saturated rings. The van der Waals surface area contributed by atoms with Crippen molar-refractivity contribution in [2.24, 2.45) is 0 Å². The molecule has 1 saturated heterocycles. The third-order valence-corrected chi connectivity index (χ3v) is 7.04. The van der Waals surface area contributed by atoms with Crippen molar-refractivity contribution in [2.75, 3.05) is 38.2 Å². The van der Waals surface area contributed by atoms with Crippen molar-refractivity contribution >= 4 is 38.6 Å². The topological polar surface area (TPSA) is 133 Å². The number of fused-ring (bicyclic) bond motifs is 1. The molecular weight excluding hydrogens is 450 g/mol. The van der Waals surface area contributed by atoms with Crippen LogP contribution in [0.4, 0.5) is 5.69 Å². The predicted octanol–water partition coefficient (Wildman–Crippen LogP) is 1.27. The van der Waals surface area contributed by atoms with E-state index < -0.39 is 28.5 Å². The maximum Gasteiger partial charge on any atom is 0.338 e. The van der Waals surface area contributed by atoms with Gasteiger partial charge in [0.25, 0.3) is 5.91 Å². The Morgan fingerprint density at radius 1 is 1.12 bits per heavy atom. The second-order valence-electron chi connectivity index (χ2n) is 7.27. The van der Waals surface area contributed by atoms with E-state index in [2.05, 4.69) is 15.6 Å². The molecule has 4 rings (SSSR count). The fourth-order valence-corrected chi connectivity index (χ4v) is 4.80. The number of sulfonamides is 1. The molecule has 1 aliphatic heterocycles. The zero-order valence-corrected chi connectivity index (χ0v) is 18.7. The summed E-state index contributed by atoms with van der Waals surface area (Å²) in [6.45, 7) is 3.42. The number of morpholine rings is 1. The molecule has 12 heteroatoms. The van der Waals surface area contributed by atoms with Gasteiger partial charge >= 0.3 is 5.97 Å². The molecule has 3 aromatic rings. The molecule has 2 aromatic carbocycles. The average Bonchev–Trinajstić information content (AvgIpc) is 3.26. The lowest BCUT2D eigenvalue weighted by Crippen LogP contribution is -2.40. The Bertz CT molecular complexity index is 1270. The summed E-state index contributed by atoms with van der Waals surface area (Å²) in [5, 5.41) is 10.6. The molecule has 1 aromatic heterocycles. The first-order chi connectivity index (χ1) is 15.9. The monoisotopic (exact) mass is 473 g/mol. The van der Waals surface area contributed by atoms with Gasteiger partial charge in [0.1, 0.15) is 5.52 Å². The van der Waals surface area contributed by atoms with Crippen LogP contribution in [0, 0.1) is 0 Å². The minimum atomic E-state index is -3.62. The molecule has 2 heterocycles. The SMILES string of the molecule is CCn1nnc2cc(C(=O)OCC(=O)Nc3ccc(S(=O)(=O)N4CCOCC4)cc3)ccc21. The van der Waals surface area contributed by atoms with E-state index in [9.17, 15) is 18.0 Å². The quantitative estimate of drug-likeness (QED) is 0.507. The highest BCUT2D eigenvalue weighted by atomic mass is 32.2. The summed E-state index contributed by atoms with van der Waals surface area (Å²) in [5.74, 6) is -1.21. The van der Waals surface area contributed by atoms with Crippen LogP contribution in [0.15, 0.2) is 47.4 Å². The molecule has 0 aliphatic carbocycles. The van der Waals surface area contributed by atoms with Gasteiger partial charge in [0.05, 0.1) is 29.2 Å². The van der Waals surface area contributed by atoms with Crippen LogP contribution in [-0.2, 0) is 30.8 Å². The van der Waals surface area contributed by atoms with Crippen molar-refractivity contribution in [1.29, 1.82) is 0 Å². The number of nitrogens with zero attached hydrogens (tertiary/aromatic N) is 4. The first-order valence-corrected chi connectivity index (χ1v) is 11.8. The maximum atomic E-state index is 12.6. The lowest BCUT2D eigenvalue weighted by molar-refractivity contribution is -0.119. The van der Waals surface area contributed by atoms with Gasteiger partial charge in [-0.25, -0.2) is 17.9 Å². The smallest absolute Gasteiger partial charge is 0.338 e. The molecule has 33 heavy (non-hydrogen) atoms. The summed E-state index contributed by atoms with van der Waals surface area (Å²) >= 11 is 0. The summed E-state index contributed by atoms with van der Waals surface area (Å²) in [7, 11) is -3.62. The molecule has 0 radical (unpaired) electrons. The predicted molar refractivity (Wildman–Crippen MR) is 118 cm³/mol. The van der Waals surface area contributed by atoms with Gasteiger partial charge < -0.3 is 14.8 Å². The van der Waals surface area contributed by atoms with Gasteiger partial charge in [0.15, 0.2) is 6.61 Å². The van der Waals surface area contributed by atoms with E-state index in [1.165, 1.54) is 28.6 Å². The highest BCUT2D eigenvalue weighted by Gasteiger charge is 2.26. The summed E-state index contributed by atoms with van der Waals surface area (Å²) < 4.78 is 38.6. The molecule has 0 atom stereocenters. The van der Waals surface area contributed by atoms with Gasteiger partial charge in [-0.2, -0.15) is 4.31 Å². The molecule has 174 valence electrons.